The van der Waals surface area contributed by atoms with Gasteiger partial charge < -0.3 is 4.90 Å². The first-order valence-electron chi connectivity index (χ1n) is 9.45. The van der Waals surface area contributed by atoms with Crippen LogP contribution in [0.1, 0.15) is 45.0 Å². The lowest BCUT2D eigenvalue weighted by molar-refractivity contribution is 0.178. The van der Waals surface area contributed by atoms with Crippen molar-refractivity contribution in [3.05, 3.63) is 30.1 Å². The quantitative estimate of drug-likeness (QED) is 0.846. The molecule has 3 heterocycles. The number of aliphatic imine (C=N–C) groups is 1. The minimum atomic E-state index is 0.257. The first-order chi connectivity index (χ1) is 12.5. The van der Waals surface area contributed by atoms with E-state index >= 15 is 0 Å². The highest BCUT2D eigenvalue weighted by atomic mass is 15.6. The lowest BCUT2D eigenvalue weighted by Crippen LogP contribution is -2.50. The molecule has 0 radical (unpaired) electrons. The Kier molecular flexibility index (Phi) is 4.48. The van der Waals surface area contributed by atoms with E-state index in [1.807, 2.05) is 18.8 Å². The number of benzene rings is 1. The summed E-state index contributed by atoms with van der Waals surface area (Å²) in [5.41, 5.74) is 2.11. The van der Waals surface area contributed by atoms with Gasteiger partial charge in [0.1, 0.15) is 0 Å². The average Bonchev–Trinajstić information content (AvgIpc) is 3.26. The zero-order valence-electron chi connectivity index (χ0n) is 16.0. The summed E-state index contributed by atoms with van der Waals surface area (Å²) in [5, 5.41) is 12.6. The molecule has 7 nitrogen and oxygen atoms in total. The largest absolute Gasteiger partial charge is 0.378 e. The maximum atomic E-state index is 5.00. The summed E-state index contributed by atoms with van der Waals surface area (Å²) < 4.78 is 1.89. The third-order valence-corrected chi connectivity index (χ3v) is 5.31. The zero-order valence-corrected chi connectivity index (χ0v) is 16.0. The monoisotopic (exact) mass is 353 g/mol. The molecule has 138 valence electrons. The fraction of sp³-hybridized carbons (Fsp3) is 0.579. The van der Waals surface area contributed by atoms with Crippen molar-refractivity contribution < 1.29 is 0 Å². The number of nitrogens with zero attached hydrogens (tertiary/aromatic N) is 7. The van der Waals surface area contributed by atoms with Crippen LogP contribution in [0.5, 0.6) is 0 Å². The lowest BCUT2D eigenvalue weighted by atomic mass is 9.98. The second kappa shape index (κ2) is 6.79. The van der Waals surface area contributed by atoms with E-state index in [0.717, 1.165) is 36.7 Å². The van der Waals surface area contributed by atoms with Gasteiger partial charge in [-0.05, 0) is 66.4 Å². The predicted octanol–water partition coefficient (Wildman–Crippen LogP) is 2.88. The first-order valence-corrected chi connectivity index (χ1v) is 9.45. The van der Waals surface area contributed by atoms with Gasteiger partial charge in [-0.25, -0.2) is 4.99 Å². The number of aromatic nitrogens is 4. The lowest BCUT2D eigenvalue weighted by Gasteiger charge is -2.38. The number of hydrogen-bond donors (Lipinski definition) is 0. The van der Waals surface area contributed by atoms with Crippen molar-refractivity contribution in [2.75, 3.05) is 25.5 Å². The van der Waals surface area contributed by atoms with Gasteiger partial charge in [0.2, 0.25) is 0 Å². The Morgan fingerprint density at radius 1 is 1.23 bits per heavy atom. The first kappa shape index (κ1) is 17.1. The zero-order chi connectivity index (χ0) is 18.3. The molecule has 2 aromatic rings. The molecular weight excluding hydrogens is 326 g/mol. The van der Waals surface area contributed by atoms with Crippen molar-refractivity contribution >= 4 is 17.2 Å². The van der Waals surface area contributed by atoms with Gasteiger partial charge in [-0.1, -0.05) is 13.8 Å². The molecule has 1 unspecified atom stereocenters. The molecule has 1 aromatic carbocycles. The molecule has 0 saturated carbocycles. The van der Waals surface area contributed by atoms with Crippen LogP contribution in [0.2, 0.25) is 0 Å². The second-order valence-electron chi connectivity index (χ2n) is 7.87. The molecule has 7 heteroatoms. The number of tetrazole rings is 1. The fourth-order valence-corrected chi connectivity index (χ4v) is 4.06. The molecule has 1 saturated heterocycles. The van der Waals surface area contributed by atoms with Gasteiger partial charge in [-0.3, -0.25) is 4.90 Å². The Bertz CT molecular complexity index is 790. The van der Waals surface area contributed by atoms with Crippen LogP contribution in [0.3, 0.4) is 0 Å². The third-order valence-electron chi connectivity index (χ3n) is 5.31. The van der Waals surface area contributed by atoms with E-state index in [4.69, 9.17) is 4.99 Å². The van der Waals surface area contributed by atoms with Gasteiger partial charge >= 0.3 is 0 Å². The highest BCUT2D eigenvalue weighted by molar-refractivity contribution is 5.92. The predicted molar refractivity (Wildman–Crippen MR) is 103 cm³/mol. The molecule has 1 aromatic heterocycles. The molecule has 4 rings (SSSR count). The van der Waals surface area contributed by atoms with Crippen molar-refractivity contribution in [2.24, 2.45) is 10.9 Å². The van der Waals surface area contributed by atoms with E-state index in [9.17, 15) is 0 Å². The summed E-state index contributed by atoms with van der Waals surface area (Å²) in [6, 6.07) is 8.90. The summed E-state index contributed by atoms with van der Waals surface area (Å²) in [6.07, 6.45) is 3.38. The molecule has 26 heavy (non-hydrogen) atoms. The molecule has 0 spiro atoms. The van der Waals surface area contributed by atoms with Crippen LogP contribution in [0, 0.1) is 5.92 Å². The Balaban J connectivity index is 1.77. The van der Waals surface area contributed by atoms with Crippen molar-refractivity contribution in [1.29, 1.82) is 0 Å². The van der Waals surface area contributed by atoms with Crippen LogP contribution in [-0.2, 0) is 0 Å². The maximum Gasteiger partial charge on any atom is 0.175 e. The second-order valence-corrected chi connectivity index (χ2v) is 7.87. The molecule has 0 aliphatic carbocycles. The fourth-order valence-electron chi connectivity index (χ4n) is 4.06. The van der Waals surface area contributed by atoms with Crippen LogP contribution in [0.25, 0.3) is 0 Å². The van der Waals surface area contributed by atoms with Gasteiger partial charge in [0, 0.05) is 19.8 Å². The molecule has 0 amide bonds. The Morgan fingerprint density at radius 3 is 2.69 bits per heavy atom. The van der Waals surface area contributed by atoms with E-state index in [0.29, 0.717) is 12.0 Å². The average molecular weight is 353 g/mol. The Morgan fingerprint density at radius 2 is 2.00 bits per heavy atom. The van der Waals surface area contributed by atoms with Gasteiger partial charge in [-0.2, -0.15) is 4.68 Å². The molecule has 2 aliphatic heterocycles. The minimum Gasteiger partial charge on any atom is -0.378 e. The van der Waals surface area contributed by atoms with Crippen molar-refractivity contribution in [3.8, 4) is 0 Å². The number of rotatable bonds is 4. The summed E-state index contributed by atoms with van der Waals surface area (Å²) in [6.45, 7) is 5.63. The van der Waals surface area contributed by atoms with Gasteiger partial charge in [0.05, 0.1) is 17.8 Å². The maximum absolute atomic E-state index is 5.00. The molecule has 2 atom stereocenters. The summed E-state index contributed by atoms with van der Waals surface area (Å²) in [4.78, 5) is 9.65. The standard InChI is InChI=1S/C19H27N7/c1-13(2)12-17-18(20-14-7-9-15(10-8-14)24(3)4)26-19(21-22-23-26)16-6-5-11-25(16)17/h7-10,13,16-17H,5-6,11-12H2,1-4H3/t16-,17?/m0/s1. The van der Waals surface area contributed by atoms with Gasteiger partial charge in [-0.15, -0.1) is 5.10 Å². The molecule has 2 aliphatic rings. The van der Waals surface area contributed by atoms with Crippen molar-refractivity contribution in [1.82, 2.24) is 25.1 Å². The van der Waals surface area contributed by atoms with Crippen LogP contribution < -0.4 is 4.90 Å². The van der Waals surface area contributed by atoms with Crippen molar-refractivity contribution in [3.63, 3.8) is 0 Å². The Labute approximate surface area is 154 Å². The van der Waals surface area contributed by atoms with Crippen LogP contribution in [0.15, 0.2) is 29.3 Å². The topological polar surface area (TPSA) is 62.4 Å². The van der Waals surface area contributed by atoms with Gasteiger partial charge in [0.15, 0.2) is 11.7 Å². The van der Waals surface area contributed by atoms with E-state index in [1.54, 1.807) is 0 Å². The van der Waals surface area contributed by atoms with E-state index in [-0.39, 0.29) is 6.04 Å². The Hall–Kier alpha value is -2.28. The summed E-state index contributed by atoms with van der Waals surface area (Å²) >= 11 is 0. The summed E-state index contributed by atoms with van der Waals surface area (Å²) in [5.74, 6) is 2.47. The van der Waals surface area contributed by atoms with Crippen LogP contribution >= 0.6 is 0 Å². The van der Waals surface area contributed by atoms with E-state index in [2.05, 4.69) is 63.4 Å². The van der Waals surface area contributed by atoms with Crippen LogP contribution in [-0.4, -0.2) is 57.6 Å². The molecule has 0 N–H and O–H groups in total. The molecule has 1 fully saturated rings. The van der Waals surface area contributed by atoms with Gasteiger partial charge in [0.25, 0.3) is 0 Å². The van der Waals surface area contributed by atoms with E-state index in [1.165, 1.54) is 12.1 Å². The third kappa shape index (κ3) is 3.00. The summed E-state index contributed by atoms with van der Waals surface area (Å²) in [7, 11) is 4.09. The smallest absolute Gasteiger partial charge is 0.175 e. The van der Waals surface area contributed by atoms with Crippen LogP contribution in [0.4, 0.5) is 11.4 Å². The minimum absolute atomic E-state index is 0.257. The normalized spacial score (nSPS) is 24.1. The molecular formula is C19H27N7. The highest BCUT2D eigenvalue weighted by Crippen LogP contribution is 2.38. The molecule has 0 bridgehead atoms. The van der Waals surface area contributed by atoms with E-state index < -0.39 is 0 Å². The highest BCUT2D eigenvalue weighted by Gasteiger charge is 2.43. The SMILES string of the molecule is CC(C)CC1C(=Nc2ccc(N(C)C)cc2)n2nnnc2[C@@H]2CCCN12. The van der Waals surface area contributed by atoms with Crippen molar-refractivity contribution in [2.45, 2.75) is 45.2 Å². The number of fused-ring (bicyclic) bond motifs is 3. The number of hydrogen-bond acceptors (Lipinski definition) is 6. The number of anilines is 1.